The van der Waals surface area contributed by atoms with Gasteiger partial charge in [-0.2, -0.15) is 0 Å². The van der Waals surface area contributed by atoms with Gasteiger partial charge in [0, 0.05) is 23.3 Å². The number of rotatable bonds is 3. The van der Waals surface area contributed by atoms with Crippen molar-refractivity contribution in [3.8, 4) is 11.4 Å². The van der Waals surface area contributed by atoms with Gasteiger partial charge in [0.25, 0.3) is 0 Å². The molecular weight excluding hydrogens is 252 g/mol. The maximum atomic E-state index is 4.23. The van der Waals surface area contributed by atoms with Gasteiger partial charge in [0.05, 0.1) is 0 Å². The number of aryl methyl sites for hydroxylation is 1. The van der Waals surface area contributed by atoms with Gasteiger partial charge < -0.3 is 0 Å². The molecule has 1 aromatic heterocycles. The fourth-order valence-corrected chi connectivity index (χ4v) is 1.88. The van der Waals surface area contributed by atoms with E-state index in [0.717, 1.165) is 23.1 Å². The van der Waals surface area contributed by atoms with Gasteiger partial charge in [-0.25, -0.2) is 9.97 Å². The average Bonchev–Trinajstić information content (AvgIpc) is 2.31. The predicted molar refractivity (Wildman–Crippen MR) is 65.0 cm³/mol. The first-order valence-corrected chi connectivity index (χ1v) is 5.94. The number of aromatic nitrogens is 2. The molecule has 0 saturated heterocycles. The van der Waals surface area contributed by atoms with Gasteiger partial charge in [-0.3, -0.25) is 0 Å². The summed E-state index contributed by atoms with van der Waals surface area (Å²) >= 11 is 3.44. The molecule has 0 amide bonds. The van der Waals surface area contributed by atoms with E-state index in [9.17, 15) is 0 Å². The summed E-state index contributed by atoms with van der Waals surface area (Å²) in [6.45, 7) is 0. The SMILES string of the molecule is BrCCc1cccc(-c2ncccn2)c1. The molecule has 0 radical (unpaired) electrons. The fourth-order valence-electron chi connectivity index (χ4n) is 1.42. The first kappa shape index (κ1) is 10.3. The molecule has 0 atom stereocenters. The Bertz CT molecular complexity index is 429. The third-order valence-corrected chi connectivity index (χ3v) is 2.53. The quantitative estimate of drug-likeness (QED) is 0.795. The molecule has 0 aliphatic heterocycles. The van der Waals surface area contributed by atoms with Crippen molar-refractivity contribution < 1.29 is 0 Å². The maximum absolute atomic E-state index is 4.23. The van der Waals surface area contributed by atoms with E-state index >= 15 is 0 Å². The fraction of sp³-hybridized carbons (Fsp3) is 0.167. The largest absolute Gasteiger partial charge is 0.237 e. The number of alkyl halides is 1. The summed E-state index contributed by atoms with van der Waals surface area (Å²) in [4.78, 5) is 8.45. The molecule has 2 rings (SSSR count). The first-order valence-electron chi connectivity index (χ1n) is 4.82. The Labute approximate surface area is 97.5 Å². The highest BCUT2D eigenvalue weighted by Crippen LogP contribution is 2.16. The van der Waals surface area contributed by atoms with Crippen LogP contribution in [-0.2, 0) is 6.42 Å². The van der Waals surface area contributed by atoms with E-state index in [0.29, 0.717) is 0 Å². The van der Waals surface area contributed by atoms with Crippen LogP contribution < -0.4 is 0 Å². The molecule has 0 aliphatic carbocycles. The van der Waals surface area contributed by atoms with Gasteiger partial charge in [-0.1, -0.05) is 34.1 Å². The molecule has 0 unspecified atom stereocenters. The van der Waals surface area contributed by atoms with Gasteiger partial charge in [0.1, 0.15) is 0 Å². The monoisotopic (exact) mass is 262 g/mol. The highest BCUT2D eigenvalue weighted by atomic mass is 79.9. The van der Waals surface area contributed by atoms with Crippen LogP contribution in [0.5, 0.6) is 0 Å². The van der Waals surface area contributed by atoms with Crippen LogP contribution in [0.4, 0.5) is 0 Å². The van der Waals surface area contributed by atoms with Crippen molar-refractivity contribution in [2.24, 2.45) is 0 Å². The standard InChI is InChI=1S/C12H11BrN2/c13-6-5-10-3-1-4-11(9-10)12-14-7-2-8-15-12/h1-4,7-9H,5-6H2. The van der Waals surface area contributed by atoms with E-state index in [1.165, 1.54) is 5.56 Å². The number of benzene rings is 1. The van der Waals surface area contributed by atoms with Crippen LogP contribution in [0.1, 0.15) is 5.56 Å². The molecule has 0 bridgehead atoms. The molecule has 1 aromatic carbocycles. The lowest BCUT2D eigenvalue weighted by atomic mass is 10.1. The molecule has 1 heterocycles. The predicted octanol–water partition coefficient (Wildman–Crippen LogP) is 3.08. The van der Waals surface area contributed by atoms with Crippen molar-refractivity contribution in [1.82, 2.24) is 9.97 Å². The molecule has 2 nitrogen and oxygen atoms in total. The van der Waals surface area contributed by atoms with Crippen LogP contribution in [0, 0.1) is 0 Å². The summed E-state index contributed by atoms with van der Waals surface area (Å²) in [6.07, 6.45) is 4.56. The normalized spacial score (nSPS) is 10.2. The molecule has 0 fully saturated rings. The summed E-state index contributed by atoms with van der Waals surface area (Å²) in [5.74, 6) is 0.786. The zero-order valence-corrected chi connectivity index (χ0v) is 9.81. The van der Waals surface area contributed by atoms with Crippen LogP contribution in [0.15, 0.2) is 42.7 Å². The summed E-state index contributed by atoms with van der Waals surface area (Å²) in [7, 11) is 0. The maximum Gasteiger partial charge on any atom is 0.159 e. The summed E-state index contributed by atoms with van der Waals surface area (Å²) < 4.78 is 0. The van der Waals surface area contributed by atoms with Gasteiger partial charge in [0.15, 0.2) is 5.82 Å². The van der Waals surface area contributed by atoms with Gasteiger partial charge >= 0.3 is 0 Å². The van der Waals surface area contributed by atoms with Crippen molar-refractivity contribution in [2.75, 3.05) is 5.33 Å². The minimum absolute atomic E-state index is 0.786. The van der Waals surface area contributed by atoms with E-state index < -0.39 is 0 Å². The Hall–Kier alpha value is -1.22. The number of hydrogen-bond acceptors (Lipinski definition) is 2. The van der Waals surface area contributed by atoms with Crippen LogP contribution in [0.25, 0.3) is 11.4 Å². The third-order valence-electron chi connectivity index (χ3n) is 2.13. The van der Waals surface area contributed by atoms with Gasteiger partial charge in [-0.05, 0) is 24.1 Å². The zero-order chi connectivity index (χ0) is 10.5. The van der Waals surface area contributed by atoms with E-state index in [-0.39, 0.29) is 0 Å². The molecule has 0 spiro atoms. The molecule has 3 heteroatoms. The second kappa shape index (κ2) is 5.03. The summed E-state index contributed by atoms with van der Waals surface area (Å²) in [5.41, 5.74) is 2.38. The van der Waals surface area contributed by atoms with E-state index in [1.54, 1.807) is 12.4 Å². The van der Waals surface area contributed by atoms with Crippen molar-refractivity contribution >= 4 is 15.9 Å². The molecule has 0 saturated carbocycles. The Morgan fingerprint density at radius 1 is 1.07 bits per heavy atom. The van der Waals surface area contributed by atoms with Gasteiger partial charge in [-0.15, -0.1) is 0 Å². The van der Waals surface area contributed by atoms with Crippen molar-refractivity contribution in [2.45, 2.75) is 6.42 Å². The number of halogens is 1. The smallest absolute Gasteiger partial charge is 0.159 e. The van der Waals surface area contributed by atoms with Crippen molar-refractivity contribution in [3.63, 3.8) is 0 Å². The Kier molecular flexibility index (Phi) is 3.45. The second-order valence-electron chi connectivity index (χ2n) is 3.21. The second-order valence-corrected chi connectivity index (χ2v) is 4.00. The van der Waals surface area contributed by atoms with Crippen LogP contribution in [0.3, 0.4) is 0 Å². The highest BCUT2D eigenvalue weighted by molar-refractivity contribution is 9.09. The molecular formula is C12H11BrN2. The average molecular weight is 263 g/mol. The topological polar surface area (TPSA) is 25.8 Å². The molecule has 0 N–H and O–H groups in total. The van der Waals surface area contributed by atoms with Crippen molar-refractivity contribution in [1.29, 1.82) is 0 Å². The van der Waals surface area contributed by atoms with Gasteiger partial charge in [0.2, 0.25) is 0 Å². The lowest BCUT2D eigenvalue weighted by Gasteiger charge is -2.02. The van der Waals surface area contributed by atoms with E-state index in [2.05, 4.69) is 38.0 Å². The molecule has 76 valence electrons. The Morgan fingerprint density at radius 2 is 1.87 bits per heavy atom. The van der Waals surface area contributed by atoms with E-state index in [4.69, 9.17) is 0 Å². The molecule has 2 aromatic rings. The minimum atomic E-state index is 0.786. The van der Waals surface area contributed by atoms with Crippen molar-refractivity contribution in [3.05, 3.63) is 48.3 Å². The number of nitrogens with zero attached hydrogens (tertiary/aromatic N) is 2. The molecule has 0 aliphatic rings. The Morgan fingerprint density at radius 3 is 2.60 bits per heavy atom. The zero-order valence-electron chi connectivity index (χ0n) is 8.23. The summed E-state index contributed by atoms with van der Waals surface area (Å²) in [5, 5.41) is 0.978. The van der Waals surface area contributed by atoms with Crippen LogP contribution in [0.2, 0.25) is 0 Å². The lowest BCUT2D eigenvalue weighted by Crippen LogP contribution is -1.90. The highest BCUT2D eigenvalue weighted by Gasteiger charge is 2.00. The van der Waals surface area contributed by atoms with Crippen LogP contribution in [-0.4, -0.2) is 15.3 Å². The molecule has 15 heavy (non-hydrogen) atoms. The first-order chi connectivity index (χ1) is 7.40. The lowest BCUT2D eigenvalue weighted by molar-refractivity contribution is 1.15. The number of hydrogen-bond donors (Lipinski definition) is 0. The minimum Gasteiger partial charge on any atom is -0.237 e. The van der Waals surface area contributed by atoms with Crippen LogP contribution >= 0.6 is 15.9 Å². The Balaban J connectivity index is 2.33. The van der Waals surface area contributed by atoms with E-state index in [1.807, 2.05) is 18.2 Å². The summed E-state index contributed by atoms with van der Waals surface area (Å²) in [6, 6.07) is 10.2. The third kappa shape index (κ3) is 2.63.